The van der Waals surface area contributed by atoms with E-state index in [9.17, 15) is 9.59 Å². The fraction of sp³-hybridized carbons (Fsp3) is 0.476. The van der Waals surface area contributed by atoms with Gasteiger partial charge in [-0.05, 0) is 19.4 Å². The molecule has 0 bridgehead atoms. The van der Waals surface area contributed by atoms with Gasteiger partial charge in [0.05, 0.1) is 6.04 Å². The molecule has 2 aromatic rings. The van der Waals surface area contributed by atoms with Crippen molar-refractivity contribution in [2.75, 3.05) is 13.6 Å². The molecule has 7 nitrogen and oxygen atoms in total. The van der Waals surface area contributed by atoms with Crippen molar-refractivity contribution in [1.29, 1.82) is 0 Å². The van der Waals surface area contributed by atoms with E-state index < -0.39 is 5.60 Å². The van der Waals surface area contributed by atoms with Crippen LogP contribution in [0.15, 0.2) is 36.7 Å². The molecule has 0 unspecified atom stereocenters. The molecule has 0 radical (unpaired) electrons. The first-order valence-electron chi connectivity index (χ1n) is 9.75. The molecule has 3 heterocycles. The molecular formula is C21H26N4O3. The van der Waals surface area contributed by atoms with Crippen LogP contribution in [-0.4, -0.2) is 45.5 Å². The van der Waals surface area contributed by atoms with E-state index >= 15 is 0 Å². The Hall–Kier alpha value is -2.83. The van der Waals surface area contributed by atoms with Crippen LogP contribution in [0.3, 0.4) is 0 Å². The molecule has 1 aromatic heterocycles. The van der Waals surface area contributed by atoms with Gasteiger partial charge in [-0.2, -0.15) is 0 Å². The molecule has 28 heavy (non-hydrogen) atoms. The first-order valence-corrected chi connectivity index (χ1v) is 9.75. The molecule has 1 spiro atoms. The van der Waals surface area contributed by atoms with Gasteiger partial charge in [0.2, 0.25) is 11.8 Å². The number of aromatic nitrogens is 2. The Kier molecular flexibility index (Phi) is 4.83. The van der Waals surface area contributed by atoms with Gasteiger partial charge in [-0.15, -0.1) is 0 Å². The lowest BCUT2D eigenvalue weighted by Crippen LogP contribution is -2.46. The van der Waals surface area contributed by atoms with Crippen LogP contribution in [0.25, 0.3) is 0 Å². The molecule has 148 valence electrons. The Morgan fingerprint density at radius 2 is 2.18 bits per heavy atom. The highest BCUT2D eigenvalue weighted by molar-refractivity contribution is 5.77. The van der Waals surface area contributed by atoms with Gasteiger partial charge in [-0.25, -0.2) is 4.98 Å². The van der Waals surface area contributed by atoms with Crippen LogP contribution in [0.5, 0.6) is 5.75 Å². The smallest absolute Gasteiger partial charge is 0.240 e. The molecule has 2 atom stereocenters. The van der Waals surface area contributed by atoms with Gasteiger partial charge in [0.15, 0.2) is 0 Å². The Labute approximate surface area is 164 Å². The normalized spacial score (nSPS) is 24.4. The monoisotopic (exact) mass is 382 g/mol. The van der Waals surface area contributed by atoms with Crippen LogP contribution in [0.4, 0.5) is 0 Å². The number of para-hydroxylation sites is 1. The SMILES string of the molecule is Cc1nccn1CC(=O)N[C@@H]1C[C@@]2(CCC(=O)N(C)CC2)Oc2ccccc21. The lowest BCUT2D eigenvalue weighted by atomic mass is 9.82. The third-order valence-electron chi connectivity index (χ3n) is 5.89. The van der Waals surface area contributed by atoms with E-state index in [2.05, 4.69) is 10.3 Å². The van der Waals surface area contributed by atoms with E-state index in [1.54, 1.807) is 17.3 Å². The van der Waals surface area contributed by atoms with Crippen molar-refractivity contribution in [2.24, 2.45) is 0 Å². The summed E-state index contributed by atoms with van der Waals surface area (Å²) in [6.07, 6.45) is 6.06. The predicted molar refractivity (Wildman–Crippen MR) is 104 cm³/mol. The van der Waals surface area contributed by atoms with E-state index in [4.69, 9.17) is 4.74 Å². The third-order valence-corrected chi connectivity index (χ3v) is 5.89. The number of hydrogen-bond acceptors (Lipinski definition) is 4. The number of carbonyl (C=O) groups excluding carboxylic acids is 2. The summed E-state index contributed by atoms with van der Waals surface area (Å²) in [7, 11) is 1.84. The number of rotatable bonds is 3. The number of nitrogens with zero attached hydrogens (tertiary/aromatic N) is 3. The standard InChI is InChI=1S/C21H26N4O3/c1-15-22-10-12-25(15)14-19(26)23-17-13-21(8-7-20(27)24(2)11-9-21)28-18-6-4-3-5-16(17)18/h3-6,10,12,17H,7-9,11,13-14H2,1-2H3,(H,23,26)/t17-,21+/m1/s1. The van der Waals surface area contributed by atoms with Crippen LogP contribution < -0.4 is 10.1 Å². The molecule has 7 heteroatoms. The Bertz CT molecular complexity index is 893. The van der Waals surface area contributed by atoms with Crippen molar-refractivity contribution in [1.82, 2.24) is 19.8 Å². The maximum atomic E-state index is 12.7. The van der Waals surface area contributed by atoms with Crippen molar-refractivity contribution in [3.63, 3.8) is 0 Å². The number of likely N-dealkylation sites (tertiary alicyclic amines) is 1. The zero-order chi connectivity index (χ0) is 19.7. The van der Waals surface area contributed by atoms with E-state index in [1.807, 2.05) is 42.8 Å². The maximum Gasteiger partial charge on any atom is 0.240 e. The lowest BCUT2D eigenvalue weighted by molar-refractivity contribution is -0.129. The fourth-order valence-corrected chi connectivity index (χ4v) is 4.17. The quantitative estimate of drug-likeness (QED) is 0.883. The molecule has 1 fully saturated rings. The minimum Gasteiger partial charge on any atom is -0.487 e. The van der Waals surface area contributed by atoms with Crippen LogP contribution in [-0.2, 0) is 16.1 Å². The highest BCUT2D eigenvalue weighted by Gasteiger charge is 2.43. The molecule has 1 saturated heterocycles. The van der Waals surface area contributed by atoms with Gasteiger partial charge in [-0.1, -0.05) is 18.2 Å². The van der Waals surface area contributed by atoms with Crippen molar-refractivity contribution in [2.45, 2.75) is 50.8 Å². The molecule has 2 amide bonds. The topological polar surface area (TPSA) is 76.5 Å². The number of imidazole rings is 1. The van der Waals surface area contributed by atoms with E-state index in [0.29, 0.717) is 25.8 Å². The summed E-state index contributed by atoms with van der Waals surface area (Å²) in [6, 6.07) is 7.72. The number of fused-ring (bicyclic) bond motifs is 1. The van der Waals surface area contributed by atoms with E-state index in [-0.39, 0.29) is 24.4 Å². The fourth-order valence-electron chi connectivity index (χ4n) is 4.17. The number of benzene rings is 1. The third kappa shape index (κ3) is 3.61. The first kappa shape index (κ1) is 18.5. The lowest BCUT2D eigenvalue weighted by Gasteiger charge is -2.42. The number of ether oxygens (including phenoxy) is 1. The second-order valence-electron chi connectivity index (χ2n) is 7.81. The first-order chi connectivity index (χ1) is 13.5. The van der Waals surface area contributed by atoms with Crippen LogP contribution in [0.1, 0.15) is 43.1 Å². The predicted octanol–water partition coefficient (Wildman–Crippen LogP) is 2.21. The minimum atomic E-state index is -0.433. The summed E-state index contributed by atoms with van der Waals surface area (Å²) in [6.45, 7) is 2.78. The number of amides is 2. The molecule has 0 aliphatic carbocycles. The summed E-state index contributed by atoms with van der Waals surface area (Å²) < 4.78 is 8.26. The molecule has 4 rings (SSSR count). The summed E-state index contributed by atoms with van der Waals surface area (Å²) in [5, 5.41) is 3.19. The summed E-state index contributed by atoms with van der Waals surface area (Å²) >= 11 is 0. The highest BCUT2D eigenvalue weighted by atomic mass is 16.5. The van der Waals surface area contributed by atoms with Gasteiger partial charge in [-0.3, -0.25) is 9.59 Å². The van der Waals surface area contributed by atoms with Gasteiger partial charge < -0.3 is 19.5 Å². The van der Waals surface area contributed by atoms with Gasteiger partial charge in [0.1, 0.15) is 23.7 Å². The Morgan fingerprint density at radius 1 is 1.36 bits per heavy atom. The average molecular weight is 382 g/mol. The zero-order valence-corrected chi connectivity index (χ0v) is 16.4. The number of carbonyl (C=O) groups is 2. The molecular weight excluding hydrogens is 356 g/mol. The maximum absolute atomic E-state index is 12.7. The largest absolute Gasteiger partial charge is 0.487 e. The molecule has 1 N–H and O–H groups in total. The van der Waals surface area contributed by atoms with Gasteiger partial charge in [0, 0.05) is 50.8 Å². The van der Waals surface area contributed by atoms with Crippen molar-refractivity contribution in [3.05, 3.63) is 48.0 Å². The summed E-state index contributed by atoms with van der Waals surface area (Å²) in [4.78, 5) is 30.8. The second-order valence-corrected chi connectivity index (χ2v) is 7.81. The highest BCUT2D eigenvalue weighted by Crippen LogP contribution is 2.44. The van der Waals surface area contributed by atoms with Crippen molar-refractivity contribution in [3.8, 4) is 5.75 Å². The summed E-state index contributed by atoms with van der Waals surface area (Å²) in [5.41, 5.74) is 0.560. The number of nitrogens with one attached hydrogen (secondary N) is 1. The Morgan fingerprint density at radius 3 is 2.96 bits per heavy atom. The Balaban J connectivity index is 1.56. The van der Waals surface area contributed by atoms with Crippen LogP contribution in [0, 0.1) is 6.92 Å². The molecule has 2 aliphatic heterocycles. The van der Waals surface area contributed by atoms with Gasteiger partial charge in [0.25, 0.3) is 0 Å². The zero-order valence-electron chi connectivity index (χ0n) is 16.4. The van der Waals surface area contributed by atoms with Crippen molar-refractivity contribution >= 4 is 11.8 Å². The minimum absolute atomic E-state index is 0.0558. The van der Waals surface area contributed by atoms with Gasteiger partial charge >= 0.3 is 0 Å². The number of hydrogen-bond donors (Lipinski definition) is 1. The summed E-state index contributed by atoms with van der Waals surface area (Å²) in [5.74, 6) is 1.70. The molecule has 2 aliphatic rings. The molecule has 0 saturated carbocycles. The van der Waals surface area contributed by atoms with E-state index in [1.165, 1.54) is 0 Å². The van der Waals surface area contributed by atoms with Crippen LogP contribution in [0.2, 0.25) is 0 Å². The van der Waals surface area contributed by atoms with E-state index in [0.717, 1.165) is 23.6 Å². The molecule has 1 aromatic carbocycles. The average Bonchev–Trinajstić information content (AvgIpc) is 3.03. The number of aryl methyl sites for hydroxylation is 1. The second kappa shape index (κ2) is 7.30. The van der Waals surface area contributed by atoms with Crippen molar-refractivity contribution < 1.29 is 14.3 Å². The van der Waals surface area contributed by atoms with Crippen LogP contribution >= 0.6 is 0 Å².